The van der Waals surface area contributed by atoms with Crippen LogP contribution in [0.15, 0.2) is 36.6 Å². The third-order valence-corrected chi connectivity index (χ3v) is 9.54. The van der Waals surface area contributed by atoms with Gasteiger partial charge in [0.1, 0.15) is 48.3 Å². The molecule has 4 aliphatic heterocycles. The van der Waals surface area contributed by atoms with Gasteiger partial charge < -0.3 is 78.7 Å². The Kier molecular flexibility index (Phi) is 10.0. The van der Waals surface area contributed by atoms with Gasteiger partial charge in [0.2, 0.25) is 6.29 Å². The Labute approximate surface area is 274 Å². The number of aliphatic hydroxyl groups is 7. The first-order valence-corrected chi connectivity index (χ1v) is 15.4. The fraction of sp³-hybridized carbons (Fsp3) is 0.645. The third kappa shape index (κ3) is 6.19. The molecule has 266 valence electrons. The number of carbonyl (C=O) groups excluding carboxylic acids is 1. The fourth-order valence-corrected chi connectivity index (χ4v) is 6.86. The first-order valence-electron chi connectivity index (χ1n) is 15.4. The molecule has 1 aliphatic carbocycles. The van der Waals surface area contributed by atoms with E-state index in [9.17, 15) is 45.6 Å². The van der Waals surface area contributed by atoms with Gasteiger partial charge in [-0.1, -0.05) is 6.07 Å². The number of rotatable bonds is 10. The molecule has 6 rings (SSSR count). The molecule has 0 aromatic heterocycles. The van der Waals surface area contributed by atoms with E-state index in [0.717, 1.165) is 6.08 Å². The minimum Gasteiger partial charge on any atom is -0.504 e. The molecule has 4 heterocycles. The Bertz CT molecular complexity index is 1370. The van der Waals surface area contributed by atoms with E-state index >= 15 is 0 Å². The molecule has 0 amide bonds. The summed E-state index contributed by atoms with van der Waals surface area (Å²) in [5.41, 5.74) is -0.783. The SMILES string of the molecule is COc1ccc(/C=C/C(=O)O[C@@H]2[C@@H](O)[C@H](C)O[C@@H](O[C@H]3[C@@H]4C=CO[C@@H](O[C@H]5O[C@H](CO)[C@@H](O)[C@H](O)[C@H]5O)[C@@H]4[C@@]4(CO)O[C@@H]34)[C@@H]2O)cc1O. The van der Waals surface area contributed by atoms with Crippen molar-refractivity contribution in [2.45, 2.75) is 92.4 Å². The van der Waals surface area contributed by atoms with E-state index < -0.39 is 117 Å². The van der Waals surface area contributed by atoms with Crippen LogP contribution >= 0.6 is 0 Å². The highest BCUT2D eigenvalue weighted by atomic mass is 16.8. The van der Waals surface area contributed by atoms with E-state index in [-0.39, 0.29) is 11.5 Å². The van der Waals surface area contributed by atoms with Crippen molar-refractivity contribution >= 4 is 12.0 Å². The maximum absolute atomic E-state index is 12.7. The molecule has 0 bridgehead atoms. The van der Waals surface area contributed by atoms with E-state index in [1.807, 2.05) is 0 Å². The lowest BCUT2D eigenvalue weighted by Crippen LogP contribution is -2.60. The van der Waals surface area contributed by atoms with Gasteiger partial charge in [0.25, 0.3) is 0 Å². The molecule has 0 unspecified atom stereocenters. The van der Waals surface area contributed by atoms with Gasteiger partial charge in [0.05, 0.1) is 44.7 Å². The zero-order chi connectivity index (χ0) is 34.5. The lowest BCUT2D eigenvalue weighted by Gasteiger charge is -2.44. The highest BCUT2D eigenvalue weighted by Gasteiger charge is 2.77. The molecule has 17 heteroatoms. The number of fused-ring (bicyclic) bond motifs is 3. The first-order chi connectivity index (χ1) is 22.9. The summed E-state index contributed by atoms with van der Waals surface area (Å²) in [5, 5.41) is 82.7. The van der Waals surface area contributed by atoms with Crippen LogP contribution < -0.4 is 4.74 Å². The zero-order valence-corrected chi connectivity index (χ0v) is 25.9. The van der Waals surface area contributed by atoms with Crippen molar-refractivity contribution in [2.75, 3.05) is 20.3 Å². The summed E-state index contributed by atoms with van der Waals surface area (Å²) in [6, 6.07) is 4.48. The molecule has 8 N–H and O–H groups in total. The van der Waals surface area contributed by atoms with Crippen molar-refractivity contribution in [1.82, 2.24) is 0 Å². The zero-order valence-electron chi connectivity index (χ0n) is 25.9. The number of esters is 1. The average Bonchev–Trinajstić information content (AvgIpc) is 3.75. The van der Waals surface area contributed by atoms with Crippen LogP contribution in [0.1, 0.15) is 12.5 Å². The van der Waals surface area contributed by atoms with Gasteiger partial charge in [0.15, 0.2) is 30.2 Å². The second-order valence-electron chi connectivity index (χ2n) is 12.4. The van der Waals surface area contributed by atoms with Gasteiger partial charge >= 0.3 is 5.97 Å². The van der Waals surface area contributed by atoms with E-state index in [4.69, 9.17) is 37.9 Å². The number of phenols is 1. The molecule has 5 aliphatic rings. The van der Waals surface area contributed by atoms with Gasteiger partial charge in [-0.25, -0.2) is 4.79 Å². The molecule has 0 spiro atoms. The first kappa shape index (κ1) is 34.9. The summed E-state index contributed by atoms with van der Waals surface area (Å²) < 4.78 is 45.3. The number of epoxide rings is 1. The van der Waals surface area contributed by atoms with Crippen molar-refractivity contribution in [3.05, 3.63) is 42.2 Å². The number of hydrogen-bond acceptors (Lipinski definition) is 17. The van der Waals surface area contributed by atoms with Crippen molar-refractivity contribution in [3.63, 3.8) is 0 Å². The number of phenolic OH excluding ortho intramolecular Hbond substituents is 1. The fourth-order valence-electron chi connectivity index (χ4n) is 6.86. The van der Waals surface area contributed by atoms with Crippen molar-refractivity contribution in [1.29, 1.82) is 0 Å². The van der Waals surface area contributed by atoms with Crippen LogP contribution in [0.4, 0.5) is 0 Å². The van der Waals surface area contributed by atoms with E-state index in [0.29, 0.717) is 5.56 Å². The molecule has 3 saturated heterocycles. The molecule has 17 nitrogen and oxygen atoms in total. The van der Waals surface area contributed by atoms with Crippen molar-refractivity contribution in [3.8, 4) is 11.5 Å². The van der Waals surface area contributed by atoms with E-state index in [2.05, 4.69) is 0 Å². The highest BCUT2D eigenvalue weighted by Crippen LogP contribution is 2.61. The maximum atomic E-state index is 12.7. The number of aliphatic hydroxyl groups excluding tert-OH is 7. The van der Waals surface area contributed by atoms with Crippen LogP contribution in [0.25, 0.3) is 6.08 Å². The normalized spacial score (nSPS) is 44.9. The van der Waals surface area contributed by atoms with Crippen molar-refractivity contribution in [2.24, 2.45) is 11.8 Å². The van der Waals surface area contributed by atoms with Gasteiger partial charge in [-0.2, -0.15) is 0 Å². The van der Waals surface area contributed by atoms with Gasteiger partial charge in [-0.05, 0) is 36.8 Å². The summed E-state index contributed by atoms with van der Waals surface area (Å²) in [6.45, 7) is 0.346. The topological polar surface area (TPSA) is 256 Å². The predicted molar refractivity (Wildman–Crippen MR) is 155 cm³/mol. The summed E-state index contributed by atoms with van der Waals surface area (Å²) >= 11 is 0. The number of methoxy groups -OCH3 is 1. The lowest BCUT2D eigenvalue weighted by atomic mass is 9.85. The monoisotopic (exact) mass is 684 g/mol. The maximum Gasteiger partial charge on any atom is 0.331 e. The summed E-state index contributed by atoms with van der Waals surface area (Å²) in [7, 11) is 1.40. The summed E-state index contributed by atoms with van der Waals surface area (Å²) in [4.78, 5) is 12.7. The summed E-state index contributed by atoms with van der Waals surface area (Å²) in [5.74, 6) is -2.13. The highest BCUT2D eigenvalue weighted by molar-refractivity contribution is 5.87. The minimum atomic E-state index is -1.71. The Morgan fingerprint density at radius 2 is 1.69 bits per heavy atom. The predicted octanol–water partition coefficient (Wildman–Crippen LogP) is -2.76. The van der Waals surface area contributed by atoms with E-state index in [1.54, 1.807) is 12.1 Å². The number of aromatic hydroxyl groups is 1. The Morgan fingerprint density at radius 3 is 2.38 bits per heavy atom. The van der Waals surface area contributed by atoms with Crippen LogP contribution in [0.3, 0.4) is 0 Å². The number of benzene rings is 1. The quantitative estimate of drug-likeness (QED) is 0.0705. The summed E-state index contributed by atoms with van der Waals surface area (Å²) in [6.07, 6.45) is -12.1. The molecule has 16 atom stereocenters. The smallest absolute Gasteiger partial charge is 0.331 e. The lowest BCUT2D eigenvalue weighted by molar-refractivity contribution is -0.347. The van der Waals surface area contributed by atoms with Gasteiger partial charge in [-0.15, -0.1) is 0 Å². The largest absolute Gasteiger partial charge is 0.504 e. The number of hydrogen-bond donors (Lipinski definition) is 8. The molecule has 0 radical (unpaired) electrons. The second kappa shape index (κ2) is 13.8. The Balaban J connectivity index is 1.14. The van der Waals surface area contributed by atoms with Crippen LogP contribution in [-0.2, 0) is 38.0 Å². The Hall–Kier alpha value is -2.91. The molecule has 1 saturated carbocycles. The molecular formula is C31H40O17. The minimum absolute atomic E-state index is 0.137. The number of ether oxygens (including phenoxy) is 8. The third-order valence-electron chi connectivity index (χ3n) is 9.54. The van der Waals surface area contributed by atoms with Gasteiger partial charge in [0, 0.05) is 12.0 Å². The number of carbonyl (C=O) groups is 1. The van der Waals surface area contributed by atoms with E-state index in [1.165, 1.54) is 38.5 Å². The van der Waals surface area contributed by atoms with Crippen LogP contribution in [-0.4, -0.2) is 153 Å². The molecule has 48 heavy (non-hydrogen) atoms. The molecule has 1 aromatic carbocycles. The Morgan fingerprint density at radius 1 is 0.938 bits per heavy atom. The van der Waals surface area contributed by atoms with Crippen molar-refractivity contribution < 1.29 is 83.5 Å². The van der Waals surface area contributed by atoms with Crippen LogP contribution in [0.2, 0.25) is 0 Å². The second-order valence-corrected chi connectivity index (χ2v) is 12.4. The molecular weight excluding hydrogens is 644 g/mol. The average molecular weight is 685 g/mol. The molecule has 1 aromatic rings. The van der Waals surface area contributed by atoms with Crippen LogP contribution in [0, 0.1) is 11.8 Å². The van der Waals surface area contributed by atoms with Gasteiger partial charge in [-0.3, -0.25) is 0 Å². The molecule has 4 fully saturated rings. The van der Waals surface area contributed by atoms with Crippen LogP contribution in [0.5, 0.6) is 11.5 Å². The standard InChI is InChI=1S/C31H40O17/c1-12-20(36)26(45-18(35)6-4-13-3-5-16(41-2)15(34)9-13)24(40)30(43-12)46-25-14-7-8-42-28(19(14)31(11-33)27(25)48-31)47-29-23(39)22(38)21(37)17(10-32)44-29/h3-9,12,14,17,19-30,32-34,36-40H,10-11H2,1-2H3/b6-4+/t12-,14+,17+,19+,20-,21+,22-,23+,24+,25-,26+,27-,28-,29+,30-,31+/m0/s1.